The van der Waals surface area contributed by atoms with E-state index in [-0.39, 0.29) is 5.41 Å². The largest absolute Gasteiger partial charge is 0.457 e. The predicted octanol–water partition coefficient (Wildman–Crippen LogP) is 11.3. The smallest absolute Gasteiger partial charge is 0.132 e. The molecule has 0 radical (unpaired) electrons. The van der Waals surface area contributed by atoms with Gasteiger partial charge in [-0.1, -0.05) is 135 Å². The molecular weight excluding hydrogens is 544 g/mol. The lowest BCUT2D eigenvalue weighted by molar-refractivity contribution is 0.419. The molecule has 0 bridgehead atoms. The number of hydrogen-bond acceptors (Lipinski definition) is 1. The highest BCUT2D eigenvalue weighted by molar-refractivity contribution is 6.02. The highest BCUT2D eigenvalue weighted by Gasteiger charge is 2.53. The molecule has 0 N–H and O–H groups in total. The van der Waals surface area contributed by atoms with Crippen molar-refractivity contribution in [1.82, 2.24) is 0 Å². The number of fused-ring (bicyclic) bond motifs is 13. The monoisotopic (exact) mass is 574 g/mol. The highest BCUT2D eigenvalue weighted by Crippen LogP contribution is 2.65. The number of ether oxygens (including phenoxy) is 1. The maximum absolute atomic E-state index is 6.63. The number of rotatable bonds is 1. The Labute approximate surface area is 263 Å². The first kappa shape index (κ1) is 25.0. The van der Waals surface area contributed by atoms with E-state index in [1.807, 2.05) is 0 Å². The van der Waals surface area contributed by atoms with Gasteiger partial charge in [0.2, 0.25) is 0 Å². The SMILES string of the molecule is CC1(C)c2ccccc2Oc2cccc(-c3cccc4c3C3(c5ccccc5-c5cc6ccccc6cc53)c3ccccc3-4)c21. The van der Waals surface area contributed by atoms with Crippen LogP contribution in [0.1, 0.15) is 47.2 Å². The van der Waals surface area contributed by atoms with Crippen molar-refractivity contribution in [2.75, 3.05) is 0 Å². The van der Waals surface area contributed by atoms with Gasteiger partial charge in [0.05, 0.1) is 5.41 Å². The average molecular weight is 575 g/mol. The minimum absolute atomic E-state index is 0.246. The third kappa shape index (κ3) is 3.03. The average Bonchev–Trinajstić information content (AvgIpc) is 3.54. The Morgan fingerprint density at radius 3 is 1.60 bits per heavy atom. The van der Waals surface area contributed by atoms with Crippen LogP contribution in [0.25, 0.3) is 44.2 Å². The molecule has 10 rings (SSSR count). The lowest BCUT2D eigenvalue weighted by Gasteiger charge is -2.37. The molecule has 45 heavy (non-hydrogen) atoms. The Morgan fingerprint density at radius 1 is 0.378 bits per heavy atom. The van der Waals surface area contributed by atoms with Crippen LogP contribution in [-0.2, 0) is 10.8 Å². The zero-order chi connectivity index (χ0) is 29.9. The zero-order valence-electron chi connectivity index (χ0n) is 25.3. The van der Waals surface area contributed by atoms with Crippen molar-refractivity contribution in [3.63, 3.8) is 0 Å². The summed E-state index contributed by atoms with van der Waals surface area (Å²) in [6.07, 6.45) is 0. The maximum atomic E-state index is 6.63. The molecule has 0 saturated carbocycles. The van der Waals surface area contributed by atoms with Crippen molar-refractivity contribution in [2.45, 2.75) is 24.7 Å². The fourth-order valence-electron chi connectivity index (χ4n) is 8.92. The second kappa shape index (κ2) is 8.61. The van der Waals surface area contributed by atoms with Gasteiger partial charge in [-0.3, -0.25) is 0 Å². The van der Waals surface area contributed by atoms with Gasteiger partial charge in [-0.2, -0.15) is 0 Å². The van der Waals surface area contributed by atoms with Crippen molar-refractivity contribution in [2.24, 2.45) is 0 Å². The molecule has 0 amide bonds. The third-order valence-electron chi connectivity index (χ3n) is 10.7. The van der Waals surface area contributed by atoms with Crippen LogP contribution in [0.2, 0.25) is 0 Å². The maximum Gasteiger partial charge on any atom is 0.132 e. The summed E-state index contributed by atoms with van der Waals surface area (Å²) in [5, 5.41) is 2.55. The molecule has 1 unspecified atom stereocenters. The van der Waals surface area contributed by atoms with Crippen LogP contribution < -0.4 is 4.74 Å². The van der Waals surface area contributed by atoms with Crippen molar-refractivity contribution in [3.05, 3.63) is 179 Å². The first-order valence-corrected chi connectivity index (χ1v) is 15.9. The van der Waals surface area contributed by atoms with Crippen LogP contribution >= 0.6 is 0 Å². The summed E-state index contributed by atoms with van der Waals surface area (Å²) in [6.45, 7) is 4.69. The van der Waals surface area contributed by atoms with E-state index in [1.165, 1.54) is 77.5 Å². The summed E-state index contributed by atoms with van der Waals surface area (Å²) in [6, 6.07) is 53.9. The van der Waals surface area contributed by atoms with E-state index in [1.54, 1.807) is 0 Å². The standard InChI is InChI=1S/C44H30O/c1-43(2)37-22-9-10-23-39(37)45-40-24-12-19-33(42(40)43)32-18-11-17-31-29-15-5-7-20-35(29)44(41(31)32)36-21-8-6-16-30(36)34-25-27-13-3-4-14-28(27)26-38(34)44/h3-26H,1-2H3. The molecule has 1 heteroatoms. The zero-order valence-corrected chi connectivity index (χ0v) is 25.3. The lowest BCUT2D eigenvalue weighted by atomic mass is 9.67. The van der Waals surface area contributed by atoms with Gasteiger partial charge in [0, 0.05) is 16.5 Å². The van der Waals surface area contributed by atoms with Crippen LogP contribution in [0.5, 0.6) is 11.5 Å². The fraction of sp³-hybridized carbons (Fsp3) is 0.0909. The molecule has 1 spiro atoms. The number of para-hydroxylation sites is 1. The Bertz CT molecular complexity index is 2390. The van der Waals surface area contributed by atoms with Crippen LogP contribution in [0.3, 0.4) is 0 Å². The van der Waals surface area contributed by atoms with Crippen LogP contribution in [-0.4, -0.2) is 0 Å². The predicted molar refractivity (Wildman–Crippen MR) is 184 cm³/mol. The molecule has 7 aromatic rings. The van der Waals surface area contributed by atoms with Crippen LogP contribution in [0.4, 0.5) is 0 Å². The summed E-state index contributed by atoms with van der Waals surface area (Å²) < 4.78 is 6.63. The second-order valence-electron chi connectivity index (χ2n) is 13.2. The Hall–Kier alpha value is -5.40. The van der Waals surface area contributed by atoms with Gasteiger partial charge >= 0.3 is 0 Å². The van der Waals surface area contributed by atoms with Gasteiger partial charge < -0.3 is 4.74 Å². The van der Waals surface area contributed by atoms with E-state index in [0.29, 0.717) is 0 Å². The molecule has 212 valence electrons. The van der Waals surface area contributed by atoms with Crippen LogP contribution in [0, 0.1) is 0 Å². The summed E-state index contributed by atoms with van der Waals surface area (Å²) in [4.78, 5) is 0. The Kier molecular flexibility index (Phi) is 4.78. The molecule has 1 heterocycles. The Morgan fingerprint density at radius 2 is 0.867 bits per heavy atom. The highest BCUT2D eigenvalue weighted by atomic mass is 16.5. The molecule has 7 aromatic carbocycles. The topological polar surface area (TPSA) is 9.23 Å². The molecule has 0 fully saturated rings. The number of hydrogen-bond donors (Lipinski definition) is 0. The van der Waals surface area contributed by atoms with Crippen molar-refractivity contribution in [3.8, 4) is 44.9 Å². The molecule has 0 saturated heterocycles. The second-order valence-corrected chi connectivity index (χ2v) is 13.2. The summed E-state index contributed by atoms with van der Waals surface area (Å²) >= 11 is 0. The quantitative estimate of drug-likeness (QED) is 0.189. The molecular formula is C44H30O. The first-order valence-electron chi connectivity index (χ1n) is 15.9. The van der Waals surface area contributed by atoms with Crippen LogP contribution in [0.15, 0.2) is 146 Å². The van der Waals surface area contributed by atoms with E-state index >= 15 is 0 Å². The van der Waals surface area contributed by atoms with E-state index in [0.717, 1.165) is 11.5 Å². The van der Waals surface area contributed by atoms with Gasteiger partial charge in [0.15, 0.2) is 0 Å². The van der Waals surface area contributed by atoms with E-state index in [9.17, 15) is 0 Å². The minimum atomic E-state index is -0.446. The number of benzene rings is 7. The van der Waals surface area contributed by atoms with Gasteiger partial charge in [0.1, 0.15) is 11.5 Å². The molecule has 2 aliphatic carbocycles. The van der Waals surface area contributed by atoms with Crippen molar-refractivity contribution < 1.29 is 4.74 Å². The first-order chi connectivity index (χ1) is 22.1. The van der Waals surface area contributed by atoms with Gasteiger partial charge in [-0.05, 0) is 90.7 Å². The van der Waals surface area contributed by atoms with Crippen molar-refractivity contribution >= 4 is 10.8 Å². The fourth-order valence-corrected chi connectivity index (χ4v) is 8.92. The van der Waals surface area contributed by atoms with Gasteiger partial charge in [-0.25, -0.2) is 0 Å². The summed E-state index contributed by atoms with van der Waals surface area (Å²) in [5.41, 5.74) is 15.0. The van der Waals surface area contributed by atoms with E-state index in [2.05, 4.69) is 159 Å². The summed E-state index contributed by atoms with van der Waals surface area (Å²) in [7, 11) is 0. The molecule has 1 aliphatic heterocycles. The lowest BCUT2D eigenvalue weighted by Crippen LogP contribution is -2.28. The van der Waals surface area contributed by atoms with E-state index in [4.69, 9.17) is 4.74 Å². The van der Waals surface area contributed by atoms with Crippen molar-refractivity contribution in [1.29, 1.82) is 0 Å². The third-order valence-corrected chi connectivity index (χ3v) is 10.7. The molecule has 1 nitrogen and oxygen atoms in total. The molecule has 0 aromatic heterocycles. The normalized spacial score (nSPS) is 17.6. The minimum Gasteiger partial charge on any atom is -0.457 e. The molecule has 1 atom stereocenters. The van der Waals surface area contributed by atoms with Gasteiger partial charge in [-0.15, -0.1) is 0 Å². The van der Waals surface area contributed by atoms with E-state index < -0.39 is 5.41 Å². The molecule has 3 aliphatic rings. The summed E-state index contributed by atoms with van der Waals surface area (Å²) in [5.74, 6) is 1.89. The van der Waals surface area contributed by atoms with Gasteiger partial charge in [0.25, 0.3) is 0 Å². The Balaban J connectivity index is 1.36.